The third-order valence-corrected chi connectivity index (χ3v) is 4.52. The van der Waals surface area contributed by atoms with Gasteiger partial charge in [-0.05, 0) is 35.4 Å². The van der Waals surface area contributed by atoms with Crippen molar-refractivity contribution in [1.29, 1.82) is 0 Å². The molecule has 0 heterocycles. The molecule has 0 saturated carbocycles. The Morgan fingerprint density at radius 3 is 2.06 bits per heavy atom. The van der Waals surface area contributed by atoms with Crippen molar-refractivity contribution in [3.8, 4) is 11.1 Å². The van der Waals surface area contributed by atoms with Crippen LogP contribution in [0.5, 0.6) is 0 Å². The number of esters is 1. The molecule has 0 saturated heterocycles. The van der Waals surface area contributed by atoms with E-state index in [9.17, 15) is 27.6 Å². The zero-order chi connectivity index (χ0) is 23.8. The average molecular weight is 456 g/mol. The first-order valence-corrected chi connectivity index (χ1v) is 9.79. The molecule has 2 N–H and O–H groups in total. The zero-order valence-corrected chi connectivity index (χ0v) is 17.2. The Labute approximate surface area is 187 Å². The van der Waals surface area contributed by atoms with E-state index < -0.39 is 48.4 Å². The van der Waals surface area contributed by atoms with Crippen LogP contribution in [0.25, 0.3) is 11.1 Å². The first-order chi connectivity index (χ1) is 15.7. The van der Waals surface area contributed by atoms with Crippen molar-refractivity contribution in [1.82, 2.24) is 5.32 Å². The number of alkyl halides is 3. The van der Waals surface area contributed by atoms with E-state index in [4.69, 9.17) is 4.74 Å². The van der Waals surface area contributed by atoms with Gasteiger partial charge in [0.2, 0.25) is 0 Å². The van der Waals surface area contributed by atoms with Gasteiger partial charge in [0.05, 0.1) is 11.3 Å². The molecule has 0 aliphatic rings. The third kappa shape index (κ3) is 6.67. The van der Waals surface area contributed by atoms with E-state index in [-0.39, 0.29) is 0 Å². The van der Waals surface area contributed by atoms with E-state index in [2.05, 4.69) is 10.6 Å². The van der Waals surface area contributed by atoms with Crippen molar-refractivity contribution < 1.29 is 32.3 Å². The Morgan fingerprint density at radius 2 is 1.39 bits per heavy atom. The fraction of sp³-hybridized carbons (Fsp3) is 0.125. The quantitative estimate of drug-likeness (QED) is 0.520. The molecule has 0 atom stereocenters. The molecule has 0 aliphatic heterocycles. The van der Waals surface area contributed by atoms with Gasteiger partial charge in [-0.2, -0.15) is 13.2 Å². The number of amides is 2. The summed E-state index contributed by atoms with van der Waals surface area (Å²) in [5, 5.41) is 4.42. The summed E-state index contributed by atoms with van der Waals surface area (Å²) in [7, 11) is 0. The van der Waals surface area contributed by atoms with Gasteiger partial charge in [0.15, 0.2) is 6.61 Å². The highest BCUT2D eigenvalue weighted by atomic mass is 19.4. The van der Waals surface area contributed by atoms with Crippen molar-refractivity contribution >= 4 is 23.5 Å². The molecule has 0 aromatic heterocycles. The van der Waals surface area contributed by atoms with E-state index in [1.165, 1.54) is 12.1 Å². The molecule has 0 bridgehead atoms. The summed E-state index contributed by atoms with van der Waals surface area (Å²) in [5.74, 6) is -2.37. The summed E-state index contributed by atoms with van der Waals surface area (Å²) in [6.07, 6.45) is -4.65. The largest absolute Gasteiger partial charge is 0.454 e. The number of hydrogen-bond acceptors (Lipinski definition) is 4. The second-order valence-corrected chi connectivity index (χ2v) is 6.88. The second-order valence-electron chi connectivity index (χ2n) is 6.88. The first kappa shape index (κ1) is 23.5. The fourth-order valence-corrected chi connectivity index (χ4v) is 2.92. The summed E-state index contributed by atoms with van der Waals surface area (Å²) in [6.45, 7) is -1.31. The molecule has 0 radical (unpaired) electrons. The molecule has 3 aromatic rings. The number of ether oxygens (including phenoxy) is 1. The van der Waals surface area contributed by atoms with Gasteiger partial charge < -0.3 is 15.4 Å². The Balaban J connectivity index is 1.46. The highest BCUT2D eigenvalue weighted by Gasteiger charge is 2.33. The number of halogens is 3. The lowest BCUT2D eigenvalue weighted by Crippen LogP contribution is -2.32. The monoisotopic (exact) mass is 456 g/mol. The lowest BCUT2D eigenvalue weighted by atomic mass is 10.0. The fourth-order valence-electron chi connectivity index (χ4n) is 2.92. The molecule has 9 heteroatoms. The predicted octanol–water partition coefficient (Wildman–Crippen LogP) is 4.28. The van der Waals surface area contributed by atoms with Crippen molar-refractivity contribution in [2.75, 3.05) is 18.5 Å². The average Bonchev–Trinajstić information content (AvgIpc) is 2.81. The standard InChI is InChI=1S/C24H19F3N2O4/c25-24(26,27)19-8-4-5-9-20(19)29-21(30)15-33-22(31)14-28-23(32)18-12-10-17(11-13-18)16-6-2-1-3-7-16/h1-13H,14-15H2,(H,28,32)(H,29,30). The SMILES string of the molecule is O=C(COC(=O)CNC(=O)c1ccc(-c2ccccc2)cc1)Nc1ccccc1C(F)(F)F. The van der Waals surface area contributed by atoms with Crippen molar-refractivity contribution in [2.24, 2.45) is 0 Å². The Hall–Kier alpha value is -4.14. The number of benzene rings is 3. The molecular formula is C24H19F3N2O4. The maximum absolute atomic E-state index is 13.0. The van der Waals surface area contributed by atoms with Crippen LogP contribution in [-0.2, 0) is 20.5 Å². The van der Waals surface area contributed by atoms with Crippen LogP contribution in [0.4, 0.5) is 18.9 Å². The van der Waals surface area contributed by atoms with E-state index in [0.717, 1.165) is 23.3 Å². The molecule has 3 aromatic carbocycles. The number of rotatable bonds is 7. The lowest BCUT2D eigenvalue weighted by molar-refractivity contribution is -0.146. The van der Waals surface area contributed by atoms with Gasteiger partial charge in [0.25, 0.3) is 11.8 Å². The summed E-state index contributed by atoms with van der Waals surface area (Å²) in [4.78, 5) is 35.9. The third-order valence-electron chi connectivity index (χ3n) is 4.52. The molecule has 2 amide bonds. The minimum absolute atomic E-state index is 0.323. The molecule has 0 unspecified atom stereocenters. The highest BCUT2D eigenvalue weighted by Crippen LogP contribution is 2.34. The molecule has 6 nitrogen and oxygen atoms in total. The molecule has 0 aliphatic carbocycles. The highest BCUT2D eigenvalue weighted by molar-refractivity contribution is 5.97. The summed E-state index contributed by atoms with van der Waals surface area (Å²) in [6, 6.07) is 20.8. The number of nitrogens with one attached hydrogen (secondary N) is 2. The first-order valence-electron chi connectivity index (χ1n) is 9.79. The number of hydrogen-bond donors (Lipinski definition) is 2. The molecule has 0 spiro atoms. The van der Waals surface area contributed by atoms with E-state index in [1.807, 2.05) is 30.3 Å². The van der Waals surface area contributed by atoms with Gasteiger partial charge in [-0.3, -0.25) is 14.4 Å². The zero-order valence-electron chi connectivity index (χ0n) is 17.2. The minimum atomic E-state index is -4.65. The normalized spacial score (nSPS) is 10.9. The van der Waals surface area contributed by atoms with E-state index in [1.54, 1.807) is 24.3 Å². The number of carbonyl (C=O) groups is 3. The maximum atomic E-state index is 13.0. The molecule has 3 rings (SSSR count). The van der Waals surface area contributed by atoms with Gasteiger partial charge >= 0.3 is 12.1 Å². The van der Waals surface area contributed by atoms with Crippen LogP contribution in [0.15, 0.2) is 78.9 Å². The van der Waals surface area contributed by atoms with Crippen LogP contribution < -0.4 is 10.6 Å². The molecular weight excluding hydrogens is 437 g/mol. The van der Waals surface area contributed by atoms with Crippen LogP contribution in [0.2, 0.25) is 0 Å². The Bertz CT molecular complexity index is 1130. The number of para-hydroxylation sites is 1. The number of carbonyl (C=O) groups excluding carboxylic acids is 3. The van der Waals surface area contributed by atoms with Gasteiger partial charge in [-0.15, -0.1) is 0 Å². The maximum Gasteiger partial charge on any atom is 0.418 e. The lowest BCUT2D eigenvalue weighted by Gasteiger charge is -2.13. The van der Waals surface area contributed by atoms with Crippen molar-refractivity contribution in [2.45, 2.75) is 6.18 Å². The molecule has 33 heavy (non-hydrogen) atoms. The van der Waals surface area contributed by atoms with Crippen molar-refractivity contribution in [3.05, 3.63) is 90.0 Å². The van der Waals surface area contributed by atoms with E-state index >= 15 is 0 Å². The second kappa shape index (κ2) is 10.4. The van der Waals surface area contributed by atoms with Gasteiger partial charge in [0, 0.05) is 5.56 Å². The van der Waals surface area contributed by atoms with Crippen LogP contribution in [0.3, 0.4) is 0 Å². The smallest absolute Gasteiger partial charge is 0.418 e. The number of anilines is 1. The summed E-state index contributed by atoms with van der Waals surface area (Å²) < 4.78 is 43.6. The summed E-state index contributed by atoms with van der Waals surface area (Å²) >= 11 is 0. The summed E-state index contributed by atoms with van der Waals surface area (Å²) in [5.41, 5.74) is 0.770. The molecule has 0 fully saturated rings. The van der Waals surface area contributed by atoms with Crippen LogP contribution in [0, 0.1) is 0 Å². The van der Waals surface area contributed by atoms with Gasteiger partial charge in [0.1, 0.15) is 6.54 Å². The van der Waals surface area contributed by atoms with Crippen LogP contribution in [0.1, 0.15) is 15.9 Å². The Kier molecular flexibility index (Phi) is 7.45. The predicted molar refractivity (Wildman–Crippen MR) is 115 cm³/mol. The molecule has 170 valence electrons. The van der Waals surface area contributed by atoms with Gasteiger partial charge in [-0.1, -0.05) is 54.6 Å². The van der Waals surface area contributed by atoms with Crippen LogP contribution in [-0.4, -0.2) is 30.9 Å². The Morgan fingerprint density at radius 1 is 0.788 bits per heavy atom. The van der Waals surface area contributed by atoms with Gasteiger partial charge in [-0.25, -0.2) is 0 Å². The van der Waals surface area contributed by atoms with E-state index in [0.29, 0.717) is 5.56 Å². The topological polar surface area (TPSA) is 84.5 Å². The van der Waals surface area contributed by atoms with Crippen LogP contribution >= 0.6 is 0 Å². The van der Waals surface area contributed by atoms with Crippen molar-refractivity contribution in [3.63, 3.8) is 0 Å². The minimum Gasteiger partial charge on any atom is -0.454 e.